The number of rotatable bonds is 6. The van der Waals surface area contributed by atoms with Gasteiger partial charge in [-0.1, -0.05) is 37.3 Å². The van der Waals surface area contributed by atoms with Crippen LogP contribution in [0.2, 0.25) is 0 Å². The first-order valence-corrected chi connectivity index (χ1v) is 10.9. The predicted octanol–water partition coefficient (Wildman–Crippen LogP) is 3.63. The topological polar surface area (TPSA) is 78.8 Å². The van der Waals surface area contributed by atoms with Crippen LogP contribution in [0.5, 0.6) is 0 Å². The maximum Gasteiger partial charge on any atom is 0.283 e. The van der Waals surface area contributed by atoms with Crippen LogP contribution in [0, 0.1) is 0 Å². The molecule has 0 bridgehead atoms. The number of carbonyl (C=O) groups is 1. The normalized spacial score (nSPS) is 16.9. The highest BCUT2D eigenvalue weighted by Gasteiger charge is 2.21. The summed E-state index contributed by atoms with van der Waals surface area (Å²) in [7, 11) is -1.91. The molecule has 0 spiro atoms. The SMILES string of the molecule is CCC(C(=O)Nc1ccc(S(=O)(=O)/N=C2\CCCN2C)cc1)c1ccccc1. The first-order chi connectivity index (χ1) is 13.4. The molecule has 1 unspecified atom stereocenters. The van der Waals surface area contributed by atoms with Crippen molar-refractivity contribution in [1.82, 2.24) is 4.90 Å². The minimum atomic E-state index is -3.75. The fourth-order valence-corrected chi connectivity index (χ4v) is 4.39. The summed E-state index contributed by atoms with van der Waals surface area (Å²) < 4.78 is 29.0. The third-order valence-corrected chi connectivity index (χ3v) is 6.23. The monoisotopic (exact) mass is 399 g/mol. The van der Waals surface area contributed by atoms with Gasteiger partial charge in [-0.15, -0.1) is 4.40 Å². The van der Waals surface area contributed by atoms with Crippen molar-refractivity contribution in [2.24, 2.45) is 4.40 Å². The number of hydrogen-bond donors (Lipinski definition) is 1. The van der Waals surface area contributed by atoms with Crippen molar-refractivity contribution in [1.29, 1.82) is 0 Å². The third kappa shape index (κ3) is 4.59. The number of nitrogens with one attached hydrogen (secondary N) is 1. The molecule has 1 atom stereocenters. The molecule has 1 heterocycles. The number of sulfonamides is 1. The van der Waals surface area contributed by atoms with E-state index in [9.17, 15) is 13.2 Å². The van der Waals surface area contributed by atoms with E-state index in [-0.39, 0.29) is 16.7 Å². The molecule has 3 rings (SSSR count). The lowest BCUT2D eigenvalue weighted by Gasteiger charge is -2.15. The van der Waals surface area contributed by atoms with Crippen LogP contribution < -0.4 is 5.32 Å². The summed E-state index contributed by atoms with van der Waals surface area (Å²) in [5.41, 5.74) is 1.52. The molecule has 0 aromatic heterocycles. The molecular formula is C21H25N3O3S. The van der Waals surface area contributed by atoms with Crippen LogP contribution >= 0.6 is 0 Å². The lowest BCUT2D eigenvalue weighted by molar-refractivity contribution is -0.117. The number of nitrogens with zero attached hydrogens (tertiary/aromatic N) is 2. The van der Waals surface area contributed by atoms with E-state index in [1.807, 2.05) is 49.2 Å². The molecule has 1 N–H and O–H groups in total. The van der Waals surface area contributed by atoms with Gasteiger partial charge < -0.3 is 10.2 Å². The first kappa shape index (κ1) is 20.1. The second-order valence-corrected chi connectivity index (χ2v) is 8.50. The number of hydrogen-bond acceptors (Lipinski definition) is 3. The summed E-state index contributed by atoms with van der Waals surface area (Å²) in [6.45, 7) is 2.78. The van der Waals surface area contributed by atoms with Crippen LogP contribution in [0.25, 0.3) is 0 Å². The Labute approximate surface area is 166 Å². The fraction of sp³-hybridized carbons (Fsp3) is 0.333. The number of benzene rings is 2. The molecule has 1 aliphatic heterocycles. The molecule has 7 heteroatoms. The molecule has 1 saturated heterocycles. The zero-order valence-electron chi connectivity index (χ0n) is 16.1. The summed E-state index contributed by atoms with van der Waals surface area (Å²) in [5.74, 6) is 0.220. The molecule has 2 aromatic carbocycles. The summed E-state index contributed by atoms with van der Waals surface area (Å²) in [6, 6.07) is 15.8. The maximum atomic E-state index is 12.6. The molecule has 1 amide bonds. The third-order valence-electron chi connectivity index (χ3n) is 4.91. The first-order valence-electron chi connectivity index (χ1n) is 9.41. The van der Waals surface area contributed by atoms with Crippen molar-refractivity contribution in [2.45, 2.75) is 37.0 Å². The van der Waals surface area contributed by atoms with Crippen molar-refractivity contribution in [3.63, 3.8) is 0 Å². The number of amides is 1. The van der Waals surface area contributed by atoms with Crippen molar-refractivity contribution >= 4 is 27.5 Å². The highest BCUT2D eigenvalue weighted by Crippen LogP contribution is 2.23. The van der Waals surface area contributed by atoms with Crippen LogP contribution in [0.3, 0.4) is 0 Å². The molecule has 0 radical (unpaired) electrons. The maximum absolute atomic E-state index is 12.6. The van der Waals surface area contributed by atoms with Crippen LogP contribution in [0.1, 0.15) is 37.7 Å². The van der Waals surface area contributed by atoms with E-state index in [1.54, 1.807) is 12.1 Å². The number of amidine groups is 1. The molecule has 1 fully saturated rings. The molecule has 0 aliphatic carbocycles. The Hall–Kier alpha value is -2.67. The van der Waals surface area contributed by atoms with Gasteiger partial charge in [-0.05, 0) is 42.7 Å². The average Bonchev–Trinajstić information content (AvgIpc) is 3.07. The Balaban J connectivity index is 1.73. The van der Waals surface area contributed by atoms with Gasteiger partial charge in [0.05, 0.1) is 10.8 Å². The van der Waals surface area contributed by atoms with Gasteiger partial charge in [0, 0.05) is 25.7 Å². The largest absolute Gasteiger partial charge is 0.362 e. The van der Waals surface area contributed by atoms with E-state index >= 15 is 0 Å². The number of anilines is 1. The van der Waals surface area contributed by atoms with Crippen LogP contribution in [-0.4, -0.2) is 38.7 Å². The molecule has 6 nitrogen and oxygen atoms in total. The molecule has 2 aromatic rings. The van der Waals surface area contributed by atoms with Gasteiger partial charge >= 0.3 is 0 Å². The Morgan fingerprint density at radius 2 is 1.82 bits per heavy atom. The van der Waals surface area contributed by atoms with E-state index in [0.29, 0.717) is 24.4 Å². The van der Waals surface area contributed by atoms with Crippen molar-refractivity contribution in [2.75, 3.05) is 18.9 Å². The summed E-state index contributed by atoms with van der Waals surface area (Å²) in [6.07, 6.45) is 2.25. The van der Waals surface area contributed by atoms with Gasteiger partial charge in [-0.2, -0.15) is 8.42 Å². The molecular weight excluding hydrogens is 374 g/mol. The van der Waals surface area contributed by atoms with Crippen molar-refractivity contribution in [3.05, 3.63) is 60.2 Å². The van der Waals surface area contributed by atoms with Gasteiger partial charge in [0.1, 0.15) is 5.84 Å². The van der Waals surface area contributed by atoms with Crippen molar-refractivity contribution < 1.29 is 13.2 Å². The van der Waals surface area contributed by atoms with Gasteiger partial charge in [-0.25, -0.2) is 0 Å². The Bertz CT molecular complexity index is 954. The fourth-order valence-electron chi connectivity index (χ4n) is 3.30. The standard InChI is InChI=1S/C21H25N3O3S/c1-3-19(16-8-5-4-6-9-16)21(25)22-17-11-13-18(14-12-17)28(26,27)23-20-10-7-15-24(20)2/h4-6,8-9,11-14,19H,3,7,10,15H2,1-2H3,(H,22,25)/b23-20+. The summed E-state index contributed by atoms with van der Waals surface area (Å²) in [5, 5.41) is 2.87. The average molecular weight is 400 g/mol. The van der Waals surface area contributed by atoms with Gasteiger partial charge in [0.25, 0.3) is 10.0 Å². The van der Waals surface area contributed by atoms with Gasteiger partial charge in [0.2, 0.25) is 5.91 Å². The van der Waals surface area contributed by atoms with E-state index in [1.165, 1.54) is 12.1 Å². The highest BCUT2D eigenvalue weighted by atomic mass is 32.2. The predicted molar refractivity (Wildman–Crippen MR) is 111 cm³/mol. The minimum Gasteiger partial charge on any atom is -0.362 e. The quantitative estimate of drug-likeness (QED) is 0.804. The number of likely N-dealkylation sites (tertiary alicyclic amines) is 1. The van der Waals surface area contributed by atoms with Gasteiger partial charge in [0.15, 0.2) is 0 Å². The van der Waals surface area contributed by atoms with Crippen LogP contribution in [-0.2, 0) is 14.8 Å². The molecule has 0 saturated carbocycles. The van der Waals surface area contributed by atoms with E-state index in [2.05, 4.69) is 9.71 Å². The Morgan fingerprint density at radius 1 is 1.14 bits per heavy atom. The van der Waals surface area contributed by atoms with Crippen molar-refractivity contribution in [3.8, 4) is 0 Å². The number of carbonyl (C=O) groups excluding carboxylic acids is 1. The second-order valence-electron chi connectivity index (χ2n) is 6.89. The summed E-state index contributed by atoms with van der Waals surface area (Å²) >= 11 is 0. The zero-order valence-corrected chi connectivity index (χ0v) is 16.9. The smallest absolute Gasteiger partial charge is 0.283 e. The second kappa shape index (κ2) is 8.56. The zero-order chi connectivity index (χ0) is 20.1. The Morgan fingerprint density at radius 3 is 2.39 bits per heavy atom. The molecule has 28 heavy (non-hydrogen) atoms. The molecule has 148 valence electrons. The van der Waals surface area contributed by atoms with E-state index < -0.39 is 10.0 Å². The lowest BCUT2D eigenvalue weighted by Crippen LogP contribution is -2.21. The van der Waals surface area contributed by atoms with Crippen LogP contribution in [0.15, 0.2) is 63.9 Å². The highest BCUT2D eigenvalue weighted by molar-refractivity contribution is 7.90. The summed E-state index contributed by atoms with van der Waals surface area (Å²) in [4.78, 5) is 14.6. The van der Waals surface area contributed by atoms with Gasteiger partial charge in [-0.3, -0.25) is 4.79 Å². The Kier molecular flexibility index (Phi) is 6.14. The lowest BCUT2D eigenvalue weighted by atomic mass is 9.95. The van der Waals surface area contributed by atoms with E-state index in [0.717, 1.165) is 18.5 Å². The minimum absolute atomic E-state index is 0.114. The molecule has 1 aliphatic rings. The van der Waals surface area contributed by atoms with E-state index in [4.69, 9.17) is 0 Å². The van der Waals surface area contributed by atoms with Crippen LogP contribution in [0.4, 0.5) is 5.69 Å².